The maximum absolute atomic E-state index is 10.5. The van der Waals surface area contributed by atoms with Crippen LogP contribution in [0.3, 0.4) is 0 Å². The van der Waals surface area contributed by atoms with E-state index in [1.807, 2.05) is 42.5 Å². The quantitative estimate of drug-likeness (QED) is 0.493. The summed E-state index contributed by atoms with van der Waals surface area (Å²) in [6.07, 6.45) is 0.404. The van der Waals surface area contributed by atoms with Crippen LogP contribution in [0.4, 0.5) is 0 Å². The monoisotopic (exact) mass is 356 g/mol. The van der Waals surface area contributed by atoms with E-state index < -0.39 is 0 Å². The fraction of sp³-hybridized carbons (Fsp3) is 0.111. The number of benzene rings is 2. The average molecular weight is 357 g/mol. The van der Waals surface area contributed by atoms with E-state index in [1.54, 1.807) is 13.2 Å². The van der Waals surface area contributed by atoms with Crippen molar-refractivity contribution >= 4 is 17.6 Å². The zero-order chi connectivity index (χ0) is 18.0. The van der Waals surface area contributed by atoms with Crippen LogP contribution in [-0.4, -0.2) is 28.0 Å². The SMILES string of the molecule is COc1ccc(-c2nn(C(=N)N)c(O)c2Cc2cccc(Cl)c2)cc1. The number of nitrogens with two attached hydrogens (primary N) is 1. The lowest BCUT2D eigenvalue weighted by Crippen LogP contribution is -2.21. The standard InChI is InChI=1S/C18H17ClN4O2/c1-25-14-7-5-12(6-8-14)16-15(17(24)23(22-16)18(20)21)10-11-3-2-4-13(19)9-11/h2-9,24H,10H2,1H3,(H3,20,21). The van der Waals surface area contributed by atoms with Crippen molar-refractivity contribution in [3.8, 4) is 22.9 Å². The van der Waals surface area contributed by atoms with Gasteiger partial charge in [0.15, 0.2) is 0 Å². The van der Waals surface area contributed by atoms with E-state index in [4.69, 9.17) is 27.5 Å². The van der Waals surface area contributed by atoms with Crippen molar-refractivity contribution < 1.29 is 9.84 Å². The van der Waals surface area contributed by atoms with Crippen LogP contribution >= 0.6 is 11.6 Å². The van der Waals surface area contributed by atoms with E-state index in [0.717, 1.165) is 21.6 Å². The zero-order valence-corrected chi connectivity index (χ0v) is 14.3. The maximum atomic E-state index is 10.5. The first kappa shape index (κ1) is 16.9. The number of rotatable bonds is 4. The summed E-state index contributed by atoms with van der Waals surface area (Å²) in [7, 11) is 1.59. The smallest absolute Gasteiger partial charge is 0.221 e. The summed E-state index contributed by atoms with van der Waals surface area (Å²) < 4.78 is 6.18. The normalized spacial score (nSPS) is 10.6. The summed E-state index contributed by atoms with van der Waals surface area (Å²) in [6.45, 7) is 0. The number of hydrogen-bond donors (Lipinski definition) is 3. The molecular formula is C18H17ClN4O2. The number of nitrogens with one attached hydrogen (secondary N) is 1. The largest absolute Gasteiger partial charge is 0.497 e. The van der Waals surface area contributed by atoms with Gasteiger partial charge in [-0.1, -0.05) is 23.7 Å². The molecule has 0 bridgehead atoms. The second kappa shape index (κ2) is 6.86. The third kappa shape index (κ3) is 3.44. The van der Waals surface area contributed by atoms with Gasteiger partial charge in [-0.15, -0.1) is 0 Å². The Balaban J connectivity index is 2.09. The second-order valence-corrected chi connectivity index (χ2v) is 5.92. The van der Waals surface area contributed by atoms with Gasteiger partial charge in [0.25, 0.3) is 0 Å². The van der Waals surface area contributed by atoms with Crippen molar-refractivity contribution in [2.24, 2.45) is 5.73 Å². The number of halogens is 1. The molecule has 4 N–H and O–H groups in total. The Hall–Kier alpha value is -2.99. The number of aromatic hydroxyl groups is 1. The lowest BCUT2D eigenvalue weighted by Gasteiger charge is -2.05. The minimum absolute atomic E-state index is 0.154. The molecule has 0 aliphatic rings. The van der Waals surface area contributed by atoms with E-state index >= 15 is 0 Å². The molecule has 0 aliphatic carbocycles. The van der Waals surface area contributed by atoms with Gasteiger partial charge in [0.05, 0.1) is 7.11 Å². The Bertz CT molecular complexity index is 919. The van der Waals surface area contributed by atoms with Crippen molar-refractivity contribution in [1.82, 2.24) is 9.78 Å². The molecule has 1 heterocycles. The van der Waals surface area contributed by atoms with Crippen LogP contribution in [0.5, 0.6) is 11.6 Å². The molecule has 0 fully saturated rings. The average Bonchev–Trinajstić information content (AvgIpc) is 2.92. The van der Waals surface area contributed by atoms with Gasteiger partial charge in [0.1, 0.15) is 11.4 Å². The van der Waals surface area contributed by atoms with Gasteiger partial charge in [-0.2, -0.15) is 9.78 Å². The third-order valence-corrected chi connectivity index (χ3v) is 4.05. The third-order valence-electron chi connectivity index (χ3n) is 3.82. The van der Waals surface area contributed by atoms with E-state index in [-0.39, 0.29) is 11.8 Å². The zero-order valence-electron chi connectivity index (χ0n) is 13.5. The fourth-order valence-electron chi connectivity index (χ4n) is 2.60. The molecule has 0 saturated carbocycles. The van der Waals surface area contributed by atoms with Crippen molar-refractivity contribution in [1.29, 1.82) is 5.41 Å². The van der Waals surface area contributed by atoms with Gasteiger partial charge in [-0.05, 0) is 42.0 Å². The summed E-state index contributed by atoms with van der Waals surface area (Å²) in [5, 5.41) is 23.0. The molecule has 0 atom stereocenters. The molecule has 6 nitrogen and oxygen atoms in total. The lowest BCUT2D eigenvalue weighted by molar-refractivity contribution is 0.415. The summed E-state index contributed by atoms with van der Waals surface area (Å²) in [5.41, 5.74) is 8.35. The van der Waals surface area contributed by atoms with E-state index in [9.17, 15) is 5.11 Å². The molecule has 7 heteroatoms. The van der Waals surface area contributed by atoms with Crippen LogP contribution in [0.25, 0.3) is 11.3 Å². The molecule has 0 radical (unpaired) electrons. The molecule has 2 aromatic carbocycles. The van der Waals surface area contributed by atoms with Gasteiger partial charge in [-0.25, -0.2) is 0 Å². The number of hydrogen-bond acceptors (Lipinski definition) is 4. The Kier molecular flexibility index (Phi) is 4.63. The molecule has 0 spiro atoms. The molecular weight excluding hydrogens is 340 g/mol. The summed E-state index contributed by atoms with van der Waals surface area (Å²) in [4.78, 5) is 0. The van der Waals surface area contributed by atoms with Gasteiger partial charge < -0.3 is 15.6 Å². The Morgan fingerprint density at radius 3 is 2.60 bits per heavy atom. The number of nitrogen functional groups attached to an aromatic ring is 1. The van der Waals surface area contributed by atoms with Gasteiger partial charge in [-0.3, -0.25) is 5.41 Å². The topological polar surface area (TPSA) is 97.2 Å². The van der Waals surface area contributed by atoms with Crippen LogP contribution in [0.2, 0.25) is 5.02 Å². The number of aromatic nitrogens is 2. The predicted molar refractivity (Wildman–Crippen MR) is 97.4 cm³/mol. The molecule has 0 amide bonds. The van der Waals surface area contributed by atoms with E-state index in [1.165, 1.54) is 0 Å². The number of nitrogens with zero attached hydrogens (tertiary/aromatic N) is 2. The minimum atomic E-state index is -0.357. The Morgan fingerprint density at radius 1 is 1.28 bits per heavy atom. The minimum Gasteiger partial charge on any atom is -0.497 e. The molecule has 0 unspecified atom stereocenters. The van der Waals surface area contributed by atoms with Crippen molar-refractivity contribution in [3.63, 3.8) is 0 Å². The molecule has 25 heavy (non-hydrogen) atoms. The van der Waals surface area contributed by atoms with Crippen LogP contribution in [0.15, 0.2) is 48.5 Å². The van der Waals surface area contributed by atoms with Gasteiger partial charge in [0, 0.05) is 22.6 Å². The molecule has 1 aromatic heterocycles. The fourth-order valence-corrected chi connectivity index (χ4v) is 2.82. The molecule has 3 rings (SSSR count). The molecule has 128 valence electrons. The summed E-state index contributed by atoms with van der Waals surface area (Å²) in [5.74, 6) is 0.207. The highest BCUT2D eigenvalue weighted by atomic mass is 35.5. The highest BCUT2D eigenvalue weighted by molar-refractivity contribution is 6.30. The van der Waals surface area contributed by atoms with Crippen LogP contribution in [0.1, 0.15) is 11.1 Å². The molecule has 0 saturated heterocycles. The highest BCUT2D eigenvalue weighted by Crippen LogP contribution is 2.32. The molecule has 0 aliphatic heterocycles. The first-order valence-corrected chi connectivity index (χ1v) is 7.91. The van der Waals surface area contributed by atoms with Gasteiger partial charge >= 0.3 is 0 Å². The first-order valence-electron chi connectivity index (χ1n) is 7.53. The number of ether oxygens (including phenoxy) is 1. The lowest BCUT2D eigenvalue weighted by atomic mass is 10.0. The second-order valence-electron chi connectivity index (χ2n) is 5.48. The summed E-state index contributed by atoms with van der Waals surface area (Å²) >= 11 is 6.05. The summed E-state index contributed by atoms with van der Waals surface area (Å²) in [6, 6.07) is 14.7. The Morgan fingerprint density at radius 2 is 2.00 bits per heavy atom. The highest BCUT2D eigenvalue weighted by Gasteiger charge is 2.20. The predicted octanol–water partition coefficient (Wildman–Crippen LogP) is 3.25. The van der Waals surface area contributed by atoms with E-state index in [2.05, 4.69) is 5.10 Å². The first-order chi connectivity index (χ1) is 12.0. The maximum Gasteiger partial charge on any atom is 0.221 e. The van der Waals surface area contributed by atoms with Crippen molar-refractivity contribution in [2.45, 2.75) is 6.42 Å². The van der Waals surface area contributed by atoms with Crippen molar-refractivity contribution in [3.05, 3.63) is 64.7 Å². The van der Waals surface area contributed by atoms with Gasteiger partial charge in [0.2, 0.25) is 11.8 Å². The van der Waals surface area contributed by atoms with Crippen molar-refractivity contribution in [2.75, 3.05) is 7.11 Å². The van der Waals surface area contributed by atoms with Crippen LogP contribution in [-0.2, 0) is 6.42 Å². The molecule has 3 aromatic rings. The van der Waals surface area contributed by atoms with E-state index in [0.29, 0.717) is 22.7 Å². The van der Waals surface area contributed by atoms with Crippen LogP contribution < -0.4 is 10.5 Å². The number of methoxy groups -OCH3 is 1. The van der Waals surface area contributed by atoms with Crippen LogP contribution in [0, 0.1) is 5.41 Å². The Labute approximate surface area is 149 Å².